The van der Waals surface area contributed by atoms with Gasteiger partial charge in [-0.3, -0.25) is 0 Å². The summed E-state index contributed by atoms with van der Waals surface area (Å²) in [6.07, 6.45) is 0. The first kappa shape index (κ1) is 13.0. The normalized spacial score (nSPS) is 10.6. The molecule has 0 bridgehead atoms. The van der Waals surface area contributed by atoms with Gasteiger partial charge in [-0.15, -0.1) is 0 Å². The van der Waals surface area contributed by atoms with Crippen molar-refractivity contribution in [3.8, 4) is 11.4 Å². The van der Waals surface area contributed by atoms with Gasteiger partial charge >= 0.3 is 0 Å². The highest BCUT2D eigenvalue weighted by Gasteiger charge is 2.09. The number of nitrogens with two attached hydrogens (primary N) is 1. The minimum Gasteiger partial charge on any atom is -0.383 e. The number of aromatic nitrogens is 2. The van der Waals surface area contributed by atoms with Crippen LogP contribution in [0.15, 0.2) is 31.6 Å². The van der Waals surface area contributed by atoms with E-state index in [4.69, 9.17) is 5.73 Å². The molecule has 0 amide bonds. The molecule has 6 heteroatoms. The Morgan fingerprint density at radius 1 is 1.06 bits per heavy atom. The Hall–Kier alpha value is -0.460. The minimum absolute atomic E-state index is 0.451. The Morgan fingerprint density at radius 2 is 1.76 bits per heavy atom. The van der Waals surface area contributed by atoms with Crippen molar-refractivity contribution in [2.45, 2.75) is 6.92 Å². The average molecular weight is 422 g/mol. The predicted octanol–water partition coefficient (Wildman–Crippen LogP) is 4.32. The van der Waals surface area contributed by atoms with E-state index in [0.717, 1.165) is 24.7 Å². The molecule has 2 rings (SSSR count). The van der Waals surface area contributed by atoms with Crippen LogP contribution in [-0.2, 0) is 0 Å². The largest absolute Gasteiger partial charge is 0.383 e. The first-order chi connectivity index (χ1) is 7.99. The molecule has 17 heavy (non-hydrogen) atoms. The van der Waals surface area contributed by atoms with Crippen LogP contribution in [0, 0.1) is 6.92 Å². The fourth-order valence-corrected chi connectivity index (χ4v) is 2.15. The molecule has 0 spiro atoms. The number of benzene rings is 1. The zero-order valence-corrected chi connectivity index (χ0v) is 13.6. The number of hydrogen-bond donors (Lipinski definition) is 1. The van der Waals surface area contributed by atoms with E-state index in [9.17, 15) is 0 Å². The van der Waals surface area contributed by atoms with Crippen LogP contribution >= 0.6 is 47.8 Å². The van der Waals surface area contributed by atoms with Gasteiger partial charge in [0.25, 0.3) is 0 Å². The molecular formula is C11H8Br3N3. The van der Waals surface area contributed by atoms with Crippen LogP contribution in [0.1, 0.15) is 5.69 Å². The number of rotatable bonds is 1. The Morgan fingerprint density at radius 3 is 2.35 bits per heavy atom. The highest BCUT2D eigenvalue weighted by molar-refractivity contribution is 9.13. The summed E-state index contributed by atoms with van der Waals surface area (Å²) in [7, 11) is 0. The molecule has 1 heterocycles. The third kappa shape index (κ3) is 2.69. The summed E-state index contributed by atoms with van der Waals surface area (Å²) in [4.78, 5) is 8.66. The monoisotopic (exact) mass is 419 g/mol. The van der Waals surface area contributed by atoms with E-state index in [1.165, 1.54) is 0 Å². The lowest BCUT2D eigenvalue weighted by atomic mass is 10.2. The molecule has 0 aliphatic carbocycles. The van der Waals surface area contributed by atoms with Crippen LogP contribution in [-0.4, -0.2) is 9.97 Å². The van der Waals surface area contributed by atoms with E-state index in [0.29, 0.717) is 11.6 Å². The number of aryl methyl sites for hydroxylation is 1. The fraction of sp³-hybridized carbons (Fsp3) is 0.0909. The van der Waals surface area contributed by atoms with Gasteiger partial charge in [0, 0.05) is 14.5 Å². The van der Waals surface area contributed by atoms with Crippen molar-refractivity contribution in [3.63, 3.8) is 0 Å². The van der Waals surface area contributed by atoms with Gasteiger partial charge < -0.3 is 5.73 Å². The van der Waals surface area contributed by atoms with Crippen molar-refractivity contribution in [1.29, 1.82) is 0 Å². The lowest BCUT2D eigenvalue weighted by Gasteiger charge is -2.06. The van der Waals surface area contributed by atoms with Gasteiger partial charge in [0.05, 0.1) is 10.2 Å². The molecular weight excluding hydrogens is 414 g/mol. The van der Waals surface area contributed by atoms with E-state index in [1.54, 1.807) is 0 Å². The van der Waals surface area contributed by atoms with E-state index in [-0.39, 0.29) is 0 Å². The SMILES string of the molecule is Cc1nc(-c2ccc(Br)c(Br)c2)nc(N)c1Br. The molecule has 0 aliphatic rings. The van der Waals surface area contributed by atoms with Gasteiger partial charge in [0.15, 0.2) is 5.82 Å². The summed E-state index contributed by atoms with van der Waals surface area (Å²) >= 11 is 10.2. The van der Waals surface area contributed by atoms with Crippen molar-refractivity contribution in [2.75, 3.05) is 5.73 Å². The molecule has 0 saturated carbocycles. The smallest absolute Gasteiger partial charge is 0.161 e. The molecule has 2 N–H and O–H groups in total. The molecule has 0 atom stereocenters. The molecule has 88 valence electrons. The van der Waals surface area contributed by atoms with Gasteiger partial charge in [0.1, 0.15) is 5.82 Å². The van der Waals surface area contributed by atoms with Crippen LogP contribution in [0.25, 0.3) is 11.4 Å². The average Bonchev–Trinajstić information content (AvgIpc) is 2.29. The summed E-state index contributed by atoms with van der Waals surface area (Å²) in [6, 6.07) is 5.83. The zero-order chi connectivity index (χ0) is 12.6. The van der Waals surface area contributed by atoms with Crippen LogP contribution in [0.4, 0.5) is 5.82 Å². The Kier molecular flexibility index (Phi) is 3.85. The lowest BCUT2D eigenvalue weighted by Crippen LogP contribution is -2.00. The molecule has 0 aliphatic heterocycles. The number of halogens is 3. The number of nitrogen functional groups attached to an aromatic ring is 1. The summed E-state index contributed by atoms with van der Waals surface area (Å²) in [5, 5.41) is 0. The molecule has 3 nitrogen and oxygen atoms in total. The Balaban J connectivity index is 2.57. The lowest BCUT2D eigenvalue weighted by molar-refractivity contribution is 1.10. The third-order valence-corrected chi connectivity index (χ3v) is 5.08. The standard InChI is InChI=1S/C11H8Br3N3/c1-5-9(14)10(15)17-11(16-5)6-2-3-7(12)8(13)4-6/h2-4H,1H3,(H2,15,16,17). The topological polar surface area (TPSA) is 51.8 Å². The fourth-order valence-electron chi connectivity index (χ4n) is 1.35. The second-order valence-electron chi connectivity index (χ2n) is 3.46. The minimum atomic E-state index is 0.451. The summed E-state index contributed by atoms with van der Waals surface area (Å²) in [6.45, 7) is 1.89. The van der Waals surface area contributed by atoms with E-state index >= 15 is 0 Å². The van der Waals surface area contributed by atoms with Crippen molar-refractivity contribution in [1.82, 2.24) is 9.97 Å². The molecule has 1 aromatic carbocycles. The highest BCUT2D eigenvalue weighted by atomic mass is 79.9. The summed E-state index contributed by atoms with van der Waals surface area (Å²) < 4.78 is 2.69. The van der Waals surface area contributed by atoms with Gasteiger partial charge in [0.2, 0.25) is 0 Å². The van der Waals surface area contributed by atoms with Crippen molar-refractivity contribution in [2.24, 2.45) is 0 Å². The Labute approximate surface area is 124 Å². The molecule has 0 fully saturated rings. The Bertz CT molecular complexity index is 561. The molecule has 0 unspecified atom stereocenters. The summed E-state index contributed by atoms with van der Waals surface area (Å²) in [5.41, 5.74) is 7.55. The van der Waals surface area contributed by atoms with Gasteiger partial charge in [-0.2, -0.15) is 0 Å². The quantitative estimate of drug-likeness (QED) is 0.746. The second kappa shape index (κ2) is 5.04. The van der Waals surface area contributed by atoms with Crippen LogP contribution in [0.3, 0.4) is 0 Å². The van der Waals surface area contributed by atoms with Crippen molar-refractivity contribution in [3.05, 3.63) is 37.3 Å². The first-order valence-electron chi connectivity index (χ1n) is 4.74. The predicted molar refractivity (Wildman–Crippen MR) is 79.7 cm³/mol. The number of nitrogens with zero attached hydrogens (tertiary/aromatic N) is 2. The van der Waals surface area contributed by atoms with Gasteiger partial charge in [-0.1, -0.05) is 0 Å². The number of anilines is 1. The second-order valence-corrected chi connectivity index (χ2v) is 5.96. The molecule has 0 radical (unpaired) electrons. The van der Waals surface area contributed by atoms with E-state index in [1.807, 2.05) is 25.1 Å². The zero-order valence-electron chi connectivity index (χ0n) is 8.84. The molecule has 2 aromatic rings. The van der Waals surface area contributed by atoms with Crippen molar-refractivity contribution >= 4 is 53.6 Å². The third-order valence-electron chi connectivity index (χ3n) is 2.22. The maximum absolute atomic E-state index is 5.81. The maximum atomic E-state index is 5.81. The van der Waals surface area contributed by atoms with E-state index in [2.05, 4.69) is 57.8 Å². The van der Waals surface area contributed by atoms with E-state index < -0.39 is 0 Å². The van der Waals surface area contributed by atoms with Crippen molar-refractivity contribution < 1.29 is 0 Å². The van der Waals surface area contributed by atoms with Crippen LogP contribution in [0.2, 0.25) is 0 Å². The number of hydrogen-bond acceptors (Lipinski definition) is 3. The van der Waals surface area contributed by atoms with Crippen LogP contribution < -0.4 is 5.73 Å². The summed E-state index contributed by atoms with van der Waals surface area (Å²) in [5.74, 6) is 1.07. The molecule has 0 saturated heterocycles. The first-order valence-corrected chi connectivity index (χ1v) is 7.12. The maximum Gasteiger partial charge on any atom is 0.161 e. The van der Waals surface area contributed by atoms with Gasteiger partial charge in [-0.25, -0.2) is 9.97 Å². The molecule has 1 aromatic heterocycles. The van der Waals surface area contributed by atoms with Crippen LogP contribution in [0.5, 0.6) is 0 Å². The highest BCUT2D eigenvalue weighted by Crippen LogP contribution is 2.29. The van der Waals surface area contributed by atoms with Gasteiger partial charge in [-0.05, 0) is 72.9 Å².